The van der Waals surface area contributed by atoms with Gasteiger partial charge in [-0.1, -0.05) is 31.2 Å². The van der Waals surface area contributed by atoms with Gasteiger partial charge in [-0.05, 0) is 112 Å². The van der Waals surface area contributed by atoms with Crippen LogP contribution in [0, 0.1) is 5.92 Å². The Bertz CT molecular complexity index is 2060. The first-order chi connectivity index (χ1) is 27.3. The molecule has 4 atom stereocenters. The molecule has 0 aliphatic carbocycles. The molecule has 57 heavy (non-hydrogen) atoms. The Hall–Kier alpha value is -5.15. The molecule has 4 aromatic carbocycles. The zero-order valence-corrected chi connectivity index (χ0v) is 34.1. The SMILES string of the molecule is COc1ccc(S(=O)(=O)Nc2ccc3c(c2)C(=O)N([C@@H](C)CO)C[C@@H](C)[C@H](CN(C)Cc2ccc(C(=O)Nc4ccccc4N)cc2)OCCCC[C@@H](C)O3)cc1. The first-order valence-corrected chi connectivity index (χ1v) is 20.7. The quantitative estimate of drug-likeness (QED) is 0.120. The van der Waals surface area contributed by atoms with E-state index in [0.717, 1.165) is 18.4 Å². The Morgan fingerprint density at radius 2 is 1.75 bits per heavy atom. The lowest BCUT2D eigenvalue weighted by Crippen LogP contribution is -2.47. The number of rotatable bonds is 12. The number of anilines is 3. The van der Waals surface area contributed by atoms with E-state index < -0.39 is 22.0 Å². The highest BCUT2D eigenvalue weighted by Crippen LogP contribution is 2.30. The van der Waals surface area contributed by atoms with Crippen molar-refractivity contribution in [1.82, 2.24) is 9.80 Å². The van der Waals surface area contributed by atoms with Crippen LogP contribution in [0.3, 0.4) is 0 Å². The van der Waals surface area contributed by atoms with Gasteiger partial charge in [-0.2, -0.15) is 0 Å². The monoisotopic (exact) mass is 801 g/mol. The number of nitrogens with one attached hydrogen (secondary N) is 2. The maximum absolute atomic E-state index is 14.5. The van der Waals surface area contributed by atoms with E-state index in [2.05, 4.69) is 14.9 Å². The summed E-state index contributed by atoms with van der Waals surface area (Å²) in [6.07, 6.45) is 1.86. The van der Waals surface area contributed by atoms with Crippen LogP contribution in [-0.2, 0) is 21.3 Å². The molecule has 14 heteroatoms. The molecule has 1 heterocycles. The van der Waals surface area contributed by atoms with Gasteiger partial charge in [0.2, 0.25) is 0 Å². The molecule has 0 aromatic heterocycles. The summed E-state index contributed by atoms with van der Waals surface area (Å²) in [6, 6.07) is 24.7. The predicted octanol–water partition coefficient (Wildman–Crippen LogP) is 6.26. The van der Waals surface area contributed by atoms with Crippen molar-refractivity contribution in [2.45, 2.75) is 69.7 Å². The molecule has 1 aliphatic heterocycles. The lowest BCUT2D eigenvalue weighted by atomic mass is 10.0. The number of carbonyl (C=O) groups excluding carboxylic acids is 2. The van der Waals surface area contributed by atoms with Crippen LogP contribution < -0.4 is 25.2 Å². The van der Waals surface area contributed by atoms with Gasteiger partial charge in [-0.15, -0.1) is 0 Å². The van der Waals surface area contributed by atoms with Gasteiger partial charge in [-0.25, -0.2) is 8.42 Å². The topological polar surface area (TPSA) is 173 Å². The average Bonchev–Trinajstić information content (AvgIpc) is 3.20. The summed E-state index contributed by atoms with van der Waals surface area (Å²) in [5.74, 6) is 0.0390. The summed E-state index contributed by atoms with van der Waals surface area (Å²) < 4.78 is 47.3. The Morgan fingerprint density at radius 1 is 1.04 bits per heavy atom. The Labute approximate surface area is 336 Å². The van der Waals surface area contributed by atoms with Crippen LogP contribution in [0.4, 0.5) is 17.1 Å². The second-order valence-electron chi connectivity index (χ2n) is 14.7. The van der Waals surface area contributed by atoms with Crippen molar-refractivity contribution < 1.29 is 37.3 Å². The first kappa shape index (κ1) is 43.0. The summed E-state index contributed by atoms with van der Waals surface area (Å²) in [6.45, 7) is 7.39. The average molecular weight is 802 g/mol. The molecule has 1 aliphatic rings. The highest BCUT2D eigenvalue weighted by molar-refractivity contribution is 7.92. The third-order valence-corrected chi connectivity index (χ3v) is 11.4. The van der Waals surface area contributed by atoms with Gasteiger partial charge in [-0.3, -0.25) is 19.2 Å². The number of hydrogen-bond acceptors (Lipinski definition) is 10. The third-order valence-electron chi connectivity index (χ3n) is 10.0. The molecular formula is C43H55N5O8S. The molecule has 0 radical (unpaired) electrons. The molecule has 4 aromatic rings. The van der Waals surface area contributed by atoms with E-state index in [9.17, 15) is 23.1 Å². The third kappa shape index (κ3) is 11.7. The number of hydrogen-bond donors (Lipinski definition) is 4. The van der Waals surface area contributed by atoms with Crippen molar-refractivity contribution in [1.29, 1.82) is 0 Å². The number of aliphatic hydroxyl groups excluding tert-OH is 1. The van der Waals surface area contributed by atoms with E-state index in [1.54, 1.807) is 60.4 Å². The van der Waals surface area contributed by atoms with Crippen molar-refractivity contribution in [3.63, 3.8) is 0 Å². The van der Waals surface area contributed by atoms with E-state index in [4.69, 9.17) is 19.9 Å². The Balaban J connectivity index is 1.33. The van der Waals surface area contributed by atoms with Crippen molar-refractivity contribution in [3.05, 3.63) is 108 Å². The summed E-state index contributed by atoms with van der Waals surface area (Å²) in [7, 11) is -0.496. The second-order valence-corrected chi connectivity index (χ2v) is 16.4. The largest absolute Gasteiger partial charge is 0.497 e. The standard InChI is InChI=1S/C43H55N5O8S/c1-29-25-48(30(2)28-49)43(51)37-24-34(46-57(52,53)36-20-18-35(54-5)19-21-36)17-22-40(37)56-31(3)10-8-9-23-55-41(29)27-47(4)26-32-13-15-33(16-14-32)42(50)45-39-12-7-6-11-38(39)44/h6-7,11-22,24,29-31,41,46,49H,8-10,23,25-28,44H2,1-5H3,(H,45,50)/t29-,30+,31-,41+/m1/s1. The van der Waals surface area contributed by atoms with Gasteiger partial charge in [0.15, 0.2) is 0 Å². The van der Waals surface area contributed by atoms with Crippen LogP contribution in [0.15, 0.2) is 95.9 Å². The first-order valence-electron chi connectivity index (χ1n) is 19.2. The summed E-state index contributed by atoms with van der Waals surface area (Å²) in [5, 5.41) is 13.2. The zero-order valence-electron chi connectivity index (χ0n) is 33.3. The summed E-state index contributed by atoms with van der Waals surface area (Å²) in [5.41, 5.74) is 8.94. The molecule has 0 bridgehead atoms. The molecule has 306 valence electrons. The molecule has 5 rings (SSSR count). The molecule has 0 saturated carbocycles. The van der Waals surface area contributed by atoms with E-state index in [0.29, 0.717) is 54.6 Å². The lowest BCUT2D eigenvalue weighted by Gasteiger charge is -2.36. The van der Waals surface area contributed by atoms with Crippen LogP contribution in [0.2, 0.25) is 0 Å². The number of ether oxygens (including phenoxy) is 3. The fourth-order valence-corrected chi connectivity index (χ4v) is 7.72. The van der Waals surface area contributed by atoms with Crippen molar-refractivity contribution >= 4 is 38.9 Å². The number of sulfonamides is 1. The van der Waals surface area contributed by atoms with E-state index in [-0.39, 0.29) is 53.3 Å². The Kier molecular flexibility index (Phi) is 14.9. The molecule has 0 saturated heterocycles. The predicted molar refractivity (Wildman–Crippen MR) is 222 cm³/mol. The number of carbonyl (C=O) groups is 2. The number of benzene rings is 4. The Morgan fingerprint density at radius 3 is 2.44 bits per heavy atom. The molecular weight excluding hydrogens is 747 g/mol. The van der Waals surface area contributed by atoms with Crippen molar-refractivity contribution in [2.24, 2.45) is 5.92 Å². The van der Waals surface area contributed by atoms with E-state index in [1.807, 2.05) is 45.2 Å². The van der Waals surface area contributed by atoms with E-state index in [1.165, 1.54) is 25.3 Å². The van der Waals surface area contributed by atoms with Crippen LogP contribution in [0.25, 0.3) is 0 Å². The summed E-state index contributed by atoms with van der Waals surface area (Å²) in [4.78, 5) is 31.2. The number of nitrogens with zero attached hydrogens (tertiary/aromatic N) is 2. The summed E-state index contributed by atoms with van der Waals surface area (Å²) >= 11 is 0. The van der Waals surface area contributed by atoms with Crippen LogP contribution in [-0.4, -0.2) is 93.8 Å². The number of aliphatic hydroxyl groups is 1. The smallest absolute Gasteiger partial charge is 0.261 e. The fourth-order valence-electron chi connectivity index (χ4n) is 6.67. The molecule has 13 nitrogen and oxygen atoms in total. The van der Waals surface area contributed by atoms with Gasteiger partial charge >= 0.3 is 0 Å². The van der Waals surface area contributed by atoms with Crippen LogP contribution in [0.1, 0.15) is 66.3 Å². The number of nitrogens with two attached hydrogens (primary N) is 1. The van der Waals surface area contributed by atoms with E-state index >= 15 is 0 Å². The molecule has 0 unspecified atom stereocenters. The van der Waals surface area contributed by atoms with Crippen molar-refractivity contribution in [3.8, 4) is 11.5 Å². The zero-order chi connectivity index (χ0) is 41.1. The molecule has 0 fully saturated rings. The highest BCUT2D eigenvalue weighted by atomic mass is 32.2. The number of para-hydroxylation sites is 2. The van der Waals surface area contributed by atoms with Gasteiger partial charge in [0, 0.05) is 43.4 Å². The van der Waals surface area contributed by atoms with Crippen LogP contribution >= 0.6 is 0 Å². The number of amides is 2. The minimum Gasteiger partial charge on any atom is -0.497 e. The molecule has 2 amide bonds. The maximum atomic E-state index is 14.5. The second kappa shape index (κ2) is 19.8. The minimum absolute atomic E-state index is 0.0363. The maximum Gasteiger partial charge on any atom is 0.261 e. The number of likely N-dealkylation sites (N-methyl/N-ethyl adjacent to an activating group) is 1. The normalized spacial score (nSPS) is 18.8. The number of fused-ring (bicyclic) bond motifs is 1. The minimum atomic E-state index is -4.00. The van der Waals surface area contributed by atoms with Crippen molar-refractivity contribution in [2.75, 3.05) is 56.2 Å². The van der Waals surface area contributed by atoms with Gasteiger partial charge in [0.05, 0.1) is 53.8 Å². The highest BCUT2D eigenvalue weighted by Gasteiger charge is 2.31. The van der Waals surface area contributed by atoms with Gasteiger partial charge in [0.25, 0.3) is 21.8 Å². The van der Waals surface area contributed by atoms with Crippen LogP contribution in [0.5, 0.6) is 11.5 Å². The van der Waals surface area contributed by atoms with Gasteiger partial charge < -0.3 is 35.3 Å². The fraction of sp³-hybridized carbons (Fsp3) is 0.395. The van der Waals surface area contributed by atoms with Gasteiger partial charge in [0.1, 0.15) is 11.5 Å². The molecule has 5 N–H and O–H groups in total. The molecule has 0 spiro atoms. The number of methoxy groups -OCH3 is 1. The lowest BCUT2D eigenvalue weighted by molar-refractivity contribution is -0.0177. The number of nitrogen functional groups attached to an aromatic ring is 1.